The normalized spacial score (nSPS) is 28.2. The van der Waals surface area contributed by atoms with Crippen molar-refractivity contribution in [2.75, 3.05) is 7.11 Å². The third kappa shape index (κ3) is 3.36. The topological polar surface area (TPSA) is 156 Å². The molecule has 0 aromatic heterocycles. The zero-order chi connectivity index (χ0) is 18.8. The number of hydrogen-bond acceptors (Lipinski definition) is 9. The van der Waals surface area contributed by atoms with Crippen LogP contribution in [0.1, 0.15) is 10.4 Å². The molecule has 0 bridgehead atoms. The number of non-ortho nitro benzene ring substituents is 1. The molecule has 1 aromatic carbocycles. The second-order valence-corrected chi connectivity index (χ2v) is 5.27. The highest BCUT2D eigenvalue weighted by Crippen LogP contribution is 2.29. The fraction of sp³-hybridized carbons (Fsp3) is 0.333. The Labute approximate surface area is 141 Å². The molecule has 10 nitrogen and oxygen atoms in total. The maximum atomic E-state index is 12.1. The van der Waals surface area contributed by atoms with E-state index in [-0.39, 0.29) is 11.3 Å². The number of benzene rings is 1. The van der Waals surface area contributed by atoms with E-state index in [1.807, 2.05) is 0 Å². The second-order valence-electron chi connectivity index (χ2n) is 5.27. The van der Waals surface area contributed by atoms with Gasteiger partial charge in [0.15, 0.2) is 6.10 Å². The monoisotopic (exact) mass is 353 g/mol. The molecular formula is C15H15NO9. The summed E-state index contributed by atoms with van der Waals surface area (Å²) in [5.41, 5.74) is -3.02. The van der Waals surface area contributed by atoms with E-state index in [1.54, 1.807) is 0 Å². The van der Waals surface area contributed by atoms with E-state index >= 15 is 0 Å². The minimum Gasteiger partial charge on any atom is -0.467 e. The Morgan fingerprint density at radius 3 is 2.32 bits per heavy atom. The number of hydrogen-bond donors (Lipinski definition) is 3. The van der Waals surface area contributed by atoms with Gasteiger partial charge in [-0.05, 0) is 18.2 Å². The molecule has 0 fully saturated rings. The largest absolute Gasteiger partial charge is 0.467 e. The lowest BCUT2D eigenvalue weighted by Crippen LogP contribution is -2.64. The Morgan fingerprint density at radius 1 is 1.20 bits per heavy atom. The molecular weight excluding hydrogens is 338 g/mol. The van der Waals surface area contributed by atoms with Crippen LogP contribution < -0.4 is 0 Å². The third-order valence-corrected chi connectivity index (χ3v) is 3.75. The van der Waals surface area contributed by atoms with Crippen molar-refractivity contribution in [2.24, 2.45) is 0 Å². The standard InChI is InChI=1S/C15H15NO9/c1-24-14(20)15(21)11(7-6-10(17)12(15)18)25-13(19)8-2-4-9(5-3-8)16(22)23/h2-7,10-12,17-18,21H,1H3/t10-,11-,12+,15-/m1/s1. The van der Waals surface area contributed by atoms with Crippen LogP contribution in [0.5, 0.6) is 0 Å². The molecule has 1 aromatic rings. The number of carbonyl (C=O) groups is 2. The van der Waals surface area contributed by atoms with Gasteiger partial charge >= 0.3 is 11.9 Å². The first kappa shape index (κ1) is 18.5. The van der Waals surface area contributed by atoms with Gasteiger partial charge in [0, 0.05) is 12.1 Å². The molecule has 1 aliphatic rings. The van der Waals surface area contributed by atoms with Crippen molar-refractivity contribution in [3.05, 3.63) is 52.1 Å². The minimum atomic E-state index is -2.71. The summed E-state index contributed by atoms with van der Waals surface area (Å²) in [5.74, 6) is -2.31. The molecule has 25 heavy (non-hydrogen) atoms. The number of aliphatic hydroxyl groups excluding tert-OH is 2. The van der Waals surface area contributed by atoms with Gasteiger partial charge < -0.3 is 24.8 Å². The van der Waals surface area contributed by atoms with E-state index < -0.39 is 40.8 Å². The summed E-state index contributed by atoms with van der Waals surface area (Å²) in [6.45, 7) is 0. The first-order valence-electron chi connectivity index (χ1n) is 7.02. The second kappa shape index (κ2) is 6.97. The van der Waals surface area contributed by atoms with Gasteiger partial charge in [0.1, 0.15) is 12.2 Å². The molecule has 0 radical (unpaired) electrons. The van der Waals surface area contributed by atoms with Crippen LogP contribution in [0.3, 0.4) is 0 Å². The van der Waals surface area contributed by atoms with Gasteiger partial charge in [-0.2, -0.15) is 0 Å². The van der Waals surface area contributed by atoms with Crippen LogP contribution in [0, 0.1) is 10.1 Å². The number of carbonyl (C=O) groups excluding carboxylic acids is 2. The highest BCUT2D eigenvalue weighted by Gasteiger charge is 2.56. The number of aliphatic hydroxyl groups is 3. The molecule has 10 heteroatoms. The van der Waals surface area contributed by atoms with Crippen LogP contribution in [-0.4, -0.2) is 63.2 Å². The maximum Gasteiger partial charge on any atom is 0.345 e. The van der Waals surface area contributed by atoms with Crippen molar-refractivity contribution in [3.63, 3.8) is 0 Å². The summed E-state index contributed by atoms with van der Waals surface area (Å²) in [5, 5.41) is 40.6. The zero-order valence-electron chi connectivity index (χ0n) is 12.9. The Bertz CT molecular complexity index is 714. The van der Waals surface area contributed by atoms with Crippen LogP contribution in [0.4, 0.5) is 5.69 Å². The molecule has 0 unspecified atom stereocenters. The molecule has 0 aliphatic heterocycles. The molecule has 0 heterocycles. The molecule has 0 saturated carbocycles. The molecule has 2 rings (SSSR count). The summed E-state index contributed by atoms with van der Waals surface area (Å²) in [4.78, 5) is 34.0. The number of rotatable bonds is 4. The quantitative estimate of drug-likeness (QED) is 0.276. The first-order chi connectivity index (χ1) is 11.7. The van der Waals surface area contributed by atoms with Gasteiger partial charge in [0.05, 0.1) is 17.6 Å². The molecule has 0 saturated heterocycles. The van der Waals surface area contributed by atoms with E-state index in [4.69, 9.17) is 4.74 Å². The summed E-state index contributed by atoms with van der Waals surface area (Å²) < 4.78 is 9.43. The Balaban J connectivity index is 2.26. The summed E-state index contributed by atoms with van der Waals surface area (Å²) in [7, 11) is 0.951. The first-order valence-corrected chi connectivity index (χ1v) is 7.02. The Hall–Kier alpha value is -2.82. The summed E-state index contributed by atoms with van der Waals surface area (Å²) >= 11 is 0. The predicted molar refractivity (Wildman–Crippen MR) is 80.4 cm³/mol. The number of nitro groups is 1. The molecule has 134 valence electrons. The molecule has 0 amide bonds. The van der Waals surface area contributed by atoms with E-state index in [9.17, 15) is 35.0 Å². The van der Waals surface area contributed by atoms with E-state index in [2.05, 4.69) is 4.74 Å². The van der Waals surface area contributed by atoms with Gasteiger partial charge in [-0.3, -0.25) is 10.1 Å². The van der Waals surface area contributed by atoms with Crippen LogP contribution in [-0.2, 0) is 14.3 Å². The molecule has 1 aliphatic carbocycles. The molecule has 4 atom stereocenters. The third-order valence-electron chi connectivity index (χ3n) is 3.75. The lowest BCUT2D eigenvalue weighted by atomic mass is 9.82. The minimum absolute atomic E-state index is 0.0770. The van der Waals surface area contributed by atoms with Gasteiger partial charge in [0.2, 0.25) is 5.60 Å². The lowest BCUT2D eigenvalue weighted by Gasteiger charge is -2.39. The van der Waals surface area contributed by atoms with Crippen molar-refractivity contribution in [2.45, 2.75) is 23.9 Å². The van der Waals surface area contributed by atoms with Crippen molar-refractivity contribution in [1.82, 2.24) is 0 Å². The average Bonchev–Trinajstić information content (AvgIpc) is 2.61. The highest BCUT2D eigenvalue weighted by molar-refractivity contribution is 5.91. The SMILES string of the molecule is COC(=O)[C@@]1(O)[C@H](OC(=O)c2ccc([N+](=O)[O-])cc2)C=C[C@@H](O)[C@@H]1O. The fourth-order valence-corrected chi connectivity index (χ4v) is 2.33. The number of nitrogens with zero attached hydrogens (tertiary/aromatic N) is 1. The number of methoxy groups -OCH3 is 1. The van der Waals surface area contributed by atoms with E-state index in [1.165, 1.54) is 0 Å². The maximum absolute atomic E-state index is 12.1. The average molecular weight is 353 g/mol. The highest BCUT2D eigenvalue weighted by atomic mass is 16.6. The lowest BCUT2D eigenvalue weighted by molar-refractivity contribution is -0.384. The van der Waals surface area contributed by atoms with E-state index in [0.29, 0.717) is 0 Å². The van der Waals surface area contributed by atoms with Crippen molar-refractivity contribution >= 4 is 17.6 Å². The van der Waals surface area contributed by atoms with Crippen molar-refractivity contribution < 1.29 is 39.3 Å². The Morgan fingerprint density at radius 2 is 1.80 bits per heavy atom. The summed E-state index contributed by atoms with van der Waals surface area (Å²) in [6, 6.07) is 4.43. The molecule has 0 spiro atoms. The fourth-order valence-electron chi connectivity index (χ4n) is 2.33. The van der Waals surface area contributed by atoms with Gasteiger partial charge in [-0.15, -0.1) is 0 Å². The van der Waals surface area contributed by atoms with Crippen LogP contribution >= 0.6 is 0 Å². The van der Waals surface area contributed by atoms with Gasteiger partial charge in [0.25, 0.3) is 5.69 Å². The van der Waals surface area contributed by atoms with Crippen LogP contribution in [0.25, 0.3) is 0 Å². The number of ether oxygens (including phenoxy) is 2. The van der Waals surface area contributed by atoms with Crippen molar-refractivity contribution in [3.8, 4) is 0 Å². The van der Waals surface area contributed by atoms with Crippen LogP contribution in [0.15, 0.2) is 36.4 Å². The zero-order valence-corrected chi connectivity index (χ0v) is 12.9. The van der Waals surface area contributed by atoms with Gasteiger partial charge in [-0.25, -0.2) is 9.59 Å². The van der Waals surface area contributed by atoms with E-state index in [0.717, 1.165) is 43.5 Å². The Kier molecular flexibility index (Phi) is 5.16. The van der Waals surface area contributed by atoms with Gasteiger partial charge in [-0.1, -0.05) is 6.08 Å². The van der Waals surface area contributed by atoms with Crippen LogP contribution in [0.2, 0.25) is 0 Å². The smallest absolute Gasteiger partial charge is 0.345 e. The number of nitro benzene ring substituents is 1. The predicted octanol–water partition coefficient (Wildman–Crippen LogP) is -0.684. The molecule has 3 N–H and O–H groups in total. The van der Waals surface area contributed by atoms with Crippen molar-refractivity contribution in [1.29, 1.82) is 0 Å². The summed E-state index contributed by atoms with van der Waals surface area (Å²) in [6.07, 6.45) is -3.10. The number of esters is 2.